The maximum absolute atomic E-state index is 6.00. The second-order valence-electron chi connectivity index (χ2n) is 4.79. The Hall–Kier alpha value is -0.0900. The van der Waals surface area contributed by atoms with Gasteiger partial charge in [0.2, 0.25) is 0 Å². The maximum Gasteiger partial charge on any atom is 0.0931 e. The van der Waals surface area contributed by atoms with E-state index in [1.54, 1.807) is 18.4 Å². The minimum atomic E-state index is -0.133. The summed E-state index contributed by atoms with van der Waals surface area (Å²) in [6.45, 7) is 7.55. The van der Waals surface area contributed by atoms with Crippen LogP contribution in [0.25, 0.3) is 0 Å². The Bertz CT molecular complexity index is 349. The molecule has 0 amide bonds. The third-order valence-corrected chi connectivity index (χ3v) is 4.83. The summed E-state index contributed by atoms with van der Waals surface area (Å²) in [5, 5.41) is 3.61. The smallest absolute Gasteiger partial charge is 0.0931 e. The summed E-state index contributed by atoms with van der Waals surface area (Å²) in [7, 11) is 1.80. The molecule has 1 rings (SSSR count). The summed E-state index contributed by atoms with van der Waals surface area (Å²) in [5.74, 6) is 0. The zero-order valence-corrected chi connectivity index (χ0v) is 13.3. The van der Waals surface area contributed by atoms with Crippen LogP contribution < -0.4 is 5.32 Å². The van der Waals surface area contributed by atoms with Crippen molar-refractivity contribution < 1.29 is 4.74 Å². The van der Waals surface area contributed by atoms with Crippen LogP contribution in [0.5, 0.6) is 0 Å². The molecule has 1 aromatic rings. The molecule has 0 radical (unpaired) electrons. The third-order valence-electron chi connectivity index (χ3n) is 3.58. The first-order valence-electron chi connectivity index (χ1n) is 6.58. The van der Waals surface area contributed by atoms with Gasteiger partial charge in [0.25, 0.3) is 0 Å². The number of ether oxygens (including phenoxy) is 1. The summed E-state index contributed by atoms with van der Waals surface area (Å²) in [4.78, 5) is 1.31. The van der Waals surface area contributed by atoms with Gasteiger partial charge < -0.3 is 10.1 Å². The van der Waals surface area contributed by atoms with Crippen LogP contribution in [0, 0.1) is 0 Å². The van der Waals surface area contributed by atoms with Crippen molar-refractivity contribution in [2.24, 2.45) is 0 Å². The quantitative estimate of drug-likeness (QED) is 0.777. The molecule has 0 aliphatic heterocycles. The lowest BCUT2D eigenvalue weighted by atomic mass is 9.90. The van der Waals surface area contributed by atoms with Crippen molar-refractivity contribution in [3.63, 3.8) is 0 Å². The van der Waals surface area contributed by atoms with E-state index in [4.69, 9.17) is 16.3 Å². The van der Waals surface area contributed by atoms with Crippen LogP contribution in [0.3, 0.4) is 0 Å². The van der Waals surface area contributed by atoms with Gasteiger partial charge >= 0.3 is 0 Å². The van der Waals surface area contributed by atoms with Gasteiger partial charge in [-0.3, -0.25) is 0 Å². The fourth-order valence-electron chi connectivity index (χ4n) is 2.02. The highest BCUT2D eigenvalue weighted by molar-refractivity contribution is 7.16. The zero-order chi connectivity index (χ0) is 13.6. The largest absolute Gasteiger partial charge is 0.377 e. The SMILES string of the molecule is CCCNC(Cc1ccc(Cl)s1)C(C)(CC)OC. The van der Waals surface area contributed by atoms with Crippen LogP contribution in [0.4, 0.5) is 0 Å². The van der Waals surface area contributed by atoms with Crippen LogP contribution in [0.1, 0.15) is 38.5 Å². The molecule has 18 heavy (non-hydrogen) atoms. The van der Waals surface area contributed by atoms with Gasteiger partial charge in [-0.25, -0.2) is 0 Å². The van der Waals surface area contributed by atoms with Crippen LogP contribution in [0.15, 0.2) is 12.1 Å². The van der Waals surface area contributed by atoms with Gasteiger partial charge in [0.15, 0.2) is 0 Å². The molecule has 1 N–H and O–H groups in total. The molecule has 2 atom stereocenters. The van der Waals surface area contributed by atoms with Gasteiger partial charge in [-0.2, -0.15) is 0 Å². The van der Waals surface area contributed by atoms with Crippen molar-refractivity contribution in [3.8, 4) is 0 Å². The first-order chi connectivity index (χ1) is 8.55. The number of methoxy groups -OCH3 is 1. The highest BCUT2D eigenvalue weighted by Gasteiger charge is 2.32. The van der Waals surface area contributed by atoms with Crippen LogP contribution in [-0.2, 0) is 11.2 Å². The van der Waals surface area contributed by atoms with E-state index in [9.17, 15) is 0 Å². The summed E-state index contributed by atoms with van der Waals surface area (Å²) < 4.78 is 6.59. The standard InChI is InChI=1S/C14H24ClNOS/c1-5-9-16-12(14(3,6-2)17-4)10-11-7-8-13(15)18-11/h7-8,12,16H,5-6,9-10H2,1-4H3. The van der Waals surface area contributed by atoms with Crippen LogP contribution in [-0.4, -0.2) is 25.3 Å². The second kappa shape index (κ2) is 7.49. The minimum Gasteiger partial charge on any atom is -0.377 e. The highest BCUT2D eigenvalue weighted by atomic mass is 35.5. The van der Waals surface area contributed by atoms with Gasteiger partial charge in [-0.15, -0.1) is 11.3 Å². The van der Waals surface area contributed by atoms with Gasteiger partial charge in [-0.05, 0) is 44.9 Å². The zero-order valence-electron chi connectivity index (χ0n) is 11.8. The average Bonchev–Trinajstić information content (AvgIpc) is 2.79. The molecule has 2 unspecified atom stereocenters. The lowest BCUT2D eigenvalue weighted by molar-refractivity contribution is -0.0285. The monoisotopic (exact) mass is 289 g/mol. The molecule has 0 spiro atoms. The van der Waals surface area contributed by atoms with Crippen LogP contribution >= 0.6 is 22.9 Å². The molecule has 104 valence electrons. The predicted molar refractivity (Wildman–Crippen MR) is 80.8 cm³/mol. The molecule has 1 heterocycles. The lowest BCUT2D eigenvalue weighted by Crippen LogP contribution is -2.51. The number of rotatable bonds is 8. The highest BCUT2D eigenvalue weighted by Crippen LogP contribution is 2.27. The number of halogens is 1. The second-order valence-corrected chi connectivity index (χ2v) is 6.59. The fraction of sp³-hybridized carbons (Fsp3) is 0.714. The normalized spacial score (nSPS) is 16.5. The van der Waals surface area contributed by atoms with E-state index >= 15 is 0 Å². The summed E-state index contributed by atoms with van der Waals surface area (Å²) in [5.41, 5.74) is -0.133. The van der Waals surface area contributed by atoms with E-state index < -0.39 is 0 Å². The Morgan fingerprint density at radius 1 is 1.44 bits per heavy atom. The molecule has 0 aliphatic rings. The molecule has 0 saturated heterocycles. The molecule has 2 nitrogen and oxygen atoms in total. The topological polar surface area (TPSA) is 21.3 Å². The van der Waals surface area contributed by atoms with E-state index in [1.165, 1.54) is 4.88 Å². The third kappa shape index (κ3) is 4.23. The number of nitrogens with one attached hydrogen (secondary N) is 1. The van der Waals surface area contributed by atoms with E-state index in [1.807, 2.05) is 6.07 Å². The Balaban J connectivity index is 2.77. The molecule has 0 aromatic carbocycles. The molecule has 0 aliphatic carbocycles. The molecule has 0 bridgehead atoms. The van der Waals surface area contributed by atoms with E-state index in [0.717, 1.165) is 30.1 Å². The lowest BCUT2D eigenvalue weighted by Gasteiger charge is -2.36. The molecular formula is C14H24ClNOS. The van der Waals surface area contributed by atoms with Gasteiger partial charge in [0, 0.05) is 18.0 Å². The molecule has 0 fully saturated rings. The van der Waals surface area contributed by atoms with Crippen molar-refractivity contribution in [2.75, 3.05) is 13.7 Å². The molecule has 4 heteroatoms. The number of hydrogen-bond acceptors (Lipinski definition) is 3. The van der Waals surface area contributed by atoms with E-state index in [2.05, 4.69) is 32.2 Å². The number of thiophene rings is 1. The first kappa shape index (κ1) is 16.0. The van der Waals surface area contributed by atoms with Gasteiger partial charge in [0.05, 0.1) is 9.94 Å². The van der Waals surface area contributed by atoms with E-state index in [-0.39, 0.29) is 5.60 Å². The van der Waals surface area contributed by atoms with E-state index in [0.29, 0.717) is 6.04 Å². The summed E-state index contributed by atoms with van der Waals surface area (Å²) in [6, 6.07) is 4.40. The average molecular weight is 290 g/mol. The fourth-order valence-corrected chi connectivity index (χ4v) is 3.15. The van der Waals surface area contributed by atoms with Gasteiger partial charge in [-0.1, -0.05) is 25.4 Å². The molecule has 0 saturated carbocycles. The Morgan fingerprint density at radius 2 is 2.17 bits per heavy atom. The maximum atomic E-state index is 6.00. The van der Waals surface area contributed by atoms with Crippen molar-refractivity contribution in [3.05, 3.63) is 21.3 Å². The van der Waals surface area contributed by atoms with Crippen molar-refractivity contribution in [1.29, 1.82) is 0 Å². The Morgan fingerprint density at radius 3 is 2.61 bits per heavy atom. The van der Waals surface area contributed by atoms with Crippen molar-refractivity contribution in [1.82, 2.24) is 5.32 Å². The van der Waals surface area contributed by atoms with Crippen molar-refractivity contribution in [2.45, 2.75) is 51.7 Å². The van der Waals surface area contributed by atoms with Crippen LogP contribution in [0.2, 0.25) is 4.34 Å². The van der Waals surface area contributed by atoms with Gasteiger partial charge in [0.1, 0.15) is 0 Å². The first-order valence-corrected chi connectivity index (χ1v) is 7.78. The Labute approximate surface area is 120 Å². The minimum absolute atomic E-state index is 0.133. The summed E-state index contributed by atoms with van der Waals surface area (Å²) in [6.07, 6.45) is 3.09. The molecular weight excluding hydrogens is 266 g/mol. The van der Waals surface area contributed by atoms with Crippen molar-refractivity contribution >= 4 is 22.9 Å². The predicted octanol–water partition coefficient (Wildman–Crippen LogP) is 4.13. The summed E-state index contributed by atoms with van der Waals surface area (Å²) >= 11 is 7.65. The number of hydrogen-bond donors (Lipinski definition) is 1. The Kier molecular flexibility index (Phi) is 6.64. The molecule has 1 aromatic heterocycles.